The molecule has 0 radical (unpaired) electrons. The van der Waals surface area contributed by atoms with Gasteiger partial charge in [0.2, 0.25) is 0 Å². The van der Waals surface area contributed by atoms with Gasteiger partial charge in [0.15, 0.2) is 11.5 Å². The van der Waals surface area contributed by atoms with Crippen LogP contribution in [0.5, 0.6) is 0 Å². The molecule has 0 spiro atoms. The van der Waals surface area contributed by atoms with Gasteiger partial charge in [-0.25, -0.2) is 0 Å². The molecule has 6 heteroatoms. The standard InChI is InChI=1S/C16H23N5O/c1-2-8-21-15(6-1)19-20-16(21)10-18-13-5-3-4-12(13)14-11-22-9-7-17-14/h1-2,6,8,12-14,17-18H,3-5,7,9-11H2. The highest BCUT2D eigenvalue weighted by Gasteiger charge is 2.34. The normalized spacial score (nSPS) is 29.2. The summed E-state index contributed by atoms with van der Waals surface area (Å²) in [6, 6.07) is 7.02. The molecular weight excluding hydrogens is 278 g/mol. The van der Waals surface area contributed by atoms with Crippen molar-refractivity contribution in [2.24, 2.45) is 5.92 Å². The molecule has 3 unspecified atom stereocenters. The second-order valence-corrected chi connectivity index (χ2v) is 6.26. The van der Waals surface area contributed by atoms with E-state index in [1.165, 1.54) is 19.3 Å². The van der Waals surface area contributed by atoms with Crippen LogP contribution in [-0.4, -0.2) is 46.4 Å². The van der Waals surface area contributed by atoms with E-state index in [-0.39, 0.29) is 0 Å². The minimum Gasteiger partial charge on any atom is -0.379 e. The third-order valence-corrected chi connectivity index (χ3v) is 4.94. The maximum atomic E-state index is 5.63. The molecule has 1 saturated carbocycles. The molecule has 118 valence electrons. The molecule has 2 aromatic heterocycles. The number of fused-ring (bicyclic) bond motifs is 1. The summed E-state index contributed by atoms with van der Waals surface area (Å²) in [5, 5.41) is 15.8. The molecule has 3 heterocycles. The van der Waals surface area contributed by atoms with Gasteiger partial charge >= 0.3 is 0 Å². The van der Waals surface area contributed by atoms with Crippen molar-refractivity contribution in [3.63, 3.8) is 0 Å². The number of rotatable bonds is 4. The lowest BCUT2D eigenvalue weighted by Crippen LogP contribution is -2.50. The second-order valence-electron chi connectivity index (χ2n) is 6.26. The van der Waals surface area contributed by atoms with Gasteiger partial charge in [-0.15, -0.1) is 10.2 Å². The summed E-state index contributed by atoms with van der Waals surface area (Å²) < 4.78 is 7.69. The van der Waals surface area contributed by atoms with Crippen LogP contribution in [0, 0.1) is 5.92 Å². The summed E-state index contributed by atoms with van der Waals surface area (Å²) in [6.45, 7) is 3.42. The molecule has 1 aliphatic heterocycles. The largest absolute Gasteiger partial charge is 0.379 e. The summed E-state index contributed by atoms with van der Waals surface area (Å²) in [7, 11) is 0. The Morgan fingerprint density at radius 3 is 3.23 bits per heavy atom. The van der Waals surface area contributed by atoms with Gasteiger partial charge in [0.1, 0.15) is 0 Å². The molecule has 3 atom stereocenters. The van der Waals surface area contributed by atoms with Crippen molar-refractivity contribution in [1.29, 1.82) is 0 Å². The molecular formula is C16H23N5O. The summed E-state index contributed by atoms with van der Waals surface area (Å²) >= 11 is 0. The van der Waals surface area contributed by atoms with Crippen molar-refractivity contribution in [2.45, 2.75) is 37.9 Å². The van der Waals surface area contributed by atoms with Crippen LogP contribution in [0.3, 0.4) is 0 Å². The molecule has 4 rings (SSSR count). The van der Waals surface area contributed by atoms with Crippen molar-refractivity contribution in [3.8, 4) is 0 Å². The number of aromatic nitrogens is 3. The van der Waals surface area contributed by atoms with Crippen LogP contribution in [-0.2, 0) is 11.3 Å². The Morgan fingerprint density at radius 2 is 2.32 bits per heavy atom. The SMILES string of the molecule is c1ccn2c(CNC3CCCC3C3COCCN3)nnc2c1. The number of ether oxygens (including phenoxy) is 1. The quantitative estimate of drug-likeness (QED) is 0.881. The average Bonchev–Trinajstić information content (AvgIpc) is 3.20. The molecule has 6 nitrogen and oxygen atoms in total. The van der Waals surface area contributed by atoms with Crippen molar-refractivity contribution in [3.05, 3.63) is 30.2 Å². The number of hydrogen-bond acceptors (Lipinski definition) is 5. The van der Waals surface area contributed by atoms with Crippen LogP contribution < -0.4 is 10.6 Å². The predicted molar refractivity (Wildman–Crippen MR) is 83.6 cm³/mol. The van der Waals surface area contributed by atoms with E-state index in [0.717, 1.165) is 37.8 Å². The Balaban J connectivity index is 1.42. The Morgan fingerprint density at radius 1 is 1.32 bits per heavy atom. The first-order valence-electron chi connectivity index (χ1n) is 8.25. The number of hydrogen-bond donors (Lipinski definition) is 2. The second kappa shape index (κ2) is 6.32. The van der Waals surface area contributed by atoms with E-state index in [0.29, 0.717) is 18.0 Å². The van der Waals surface area contributed by atoms with Crippen molar-refractivity contribution >= 4 is 5.65 Å². The lowest BCUT2D eigenvalue weighted by molar-refractivity contribution is 0.0524. The fourth-order valence-corrected chi connectivity index (χ4v) is 3.82. The third-order valence-electron chi connectivity index (χ3n) is 4.94. The topological polar surface area (TPSA) is 63.5 Å². The van der Waals surface area contributed by atoms with Crippen LogP contribution >= 0.6 is 0 Å². The number of nitrogens with one attached hydrogen (secondary N) is 2. The van der Waals surface area contributed by atoms with Gasteiger partial charge in [0.05, 0.1) is 19.8 Å². The summed E-state index contributed by atoms with van der Waals surface area (Å²) in [5.74, 6) is 1.63. The zero-order valence-corrected chi connectivity index (χ0v) is 12.7. The monoisotopic (exact) mass is 301 g/mol. The molecule has 0 bridgehead atoms. The summed E-state index contributed by atoms with van der Waals surface area (Å²) in [4.78, 5) is 0. The van der Waals surface area contributed by atoms with E-state index in [1.54, 1.807) is 0 Å². The molecule has 2 aliphatic rings. The molecule has 1 aliphatic carbocycles. The fourth-order valence-electron chi connectivity index (χ4n) is 3.82. The lowest BCUT2D eigenvalue weighted by Gasteiger charge is -2.32. The van der Waals surface area contributed by atoms with Crippen LogP contribution in [0.4, 0.5) is 0 Å². The van der Waals surface area contributed by atoms with E-state index in [1.807, 2.05) is 24.4 Å². The fraction of sp³-hybridized carbons (Fsp3) is 0.625. The Kier molecular flexibility index (Phi) is 4.05. The van der Waals surface area contributed by atoms with Crippen LogP contribution in [0.2, 0.25) is 0 Å². The highest BCUT2D eigenvalue weighted by atomic mass is 16.5. The molecule has 0 aromatic carbocycles. The molecule has 1 saturated heterocycles. The highest BCUT2D eigenvalue weighted by molar-refractivity contribution is 5.36. The molecule has 0 amide bonds. The van der Waals surface area contributed by atoms with Crippen LogP contribution in [0.1, 0.15) is 25.1 Å². The van der Waals surface area contributed by atoms with Gasteiger partial charge in [-0.05, 0) is 30.9 Å². The first kappa shape index (κ1) is 14.1. The minimum absolute atomic E-state index is 0.490. The first-order chi connectivity index (χ1) is 10.9. The maximum Gasteiger partial charge on any atom is 0.160 e. The van der Waals surface area contributed by atoms with E-state index in [4.69, 9.17) is 4.74 Å². The predicted octanol–water partition coefficient (Wildman–Crippen LogP) is 0.976. The van der Waals surface area contributed by atoms with Gasteiger partial charge < -0.3 is 15.4 Å². The maximum absolute atomic E-state index is 5.63. The number of nitrogens with zero attached hydrogens (tertiary/aromatic N) is 3. The average molecular weight is 301 g/mol. The Bertz CT molecular complexity index is 622. The Labute approximate surface area is 130 Å². The van der Waals surface area contributed by atoms with Crippen molar-refractivity contribution in [1.82, 2.24) is 25.2 Å². The van der Waals surface area contributed by atoms with Crippen molar-refractivity contribution in [2.75, 3.05) is 19.8 Å². The van der Waals surface area contributed by atoms with Gasteiger partial charge in [-0.2, -0.15) is 0 Å². The lowest BCUT2D eigenvalue weighted by atomic mass is 9.94. The van der Waals surface area contributed by atoms with E-state index in [2.05, 4.69) is 25.2 Å². The van der Waals surface area contributed by atoms with E-state index >= 15 is 0 Å². The van der Waals surface area contributed by atoms with Crippen molar-refractivity contribution < 1.29 is 4.74 Å². The smallest absolute Gasteiger partial charge is 0.160 e. The molecule has 22 heavy (non-hydrogen) atoms. The van der Waals surface area contributed by atoms with E-state index in [9.17, 15) is 0 Å². The van der Waals surface area contributed by atoms with Gasteiger partial charge in [-0.1, -0.05) is 12.5 Å². The van der Waals surface area contributed by atoms with Crippen LogP contribution in [0.25, 0.3) is 5.65 Å². The number of morpholine rings is 1. The zero-order valence-electron chi connectivity index (χ0n) is 12.7. The minimum atomic E-state index is 0.490. The molecule has 2 fully saturated rings. The highest BCUT2D eigenvalue weighted by Crippen LogP contribution is 2.29. The van der Waals surface area contributed by atoms with Gasteiger partial charge in [0, 0.05) is 24.8 Å². The summed E-state index contributed by atoms with van der Waals surface area (Å²) in [6.07, 6.45) is 5.83. The third kappa shape index (κ3) is 2.74. The number of pyridine rings is 1. The van der Waals surface area contributed by atoms with Crippen LogP contribution in [0.15, 0.2) is 24.4 Å². The van der Waals surface area contributed by atoms with E-state index < -0.39 is 0 Å². The molecule has 2 aromatic rings. The van der Waals surface area contributed by atoms with Gasteiger partial charge in [-0.3, -0.25) is 4.40 Å². The summed E-state index contributed by atoms with van der Waals surface area (Å²) in [5.41, 5.74) is 0.907. The molecule has 2 N–H and O–H groups in total. The first-order valence-corrected chi connectivity index (χ1v) is 8.25. The Hall–Kier alpha value is -1.50. The van der Waals surface area contributed by atoms with Gasteiger partial charge in [0.25, 0.3) is 0 Å². The zero-order chi connectivity index (χ0) is 14.8.